The van der Waals surface area contributed by atoms with Crippen LogP contribution in [-0.2, 0) is 16.6 Å². The smallest absolute Gasteiger partial charge is 0.240 e. The average Bonchev–Trinajstić information content (AvgIpc) is 2.91. The van der Waals surface area contributed by atoms with Crippen molar-refractivity contribution in [2.75, 3.05) is 0 Å². The van der Waals surface area contributed by atoms with E-state index in [0.29, 0.717) is 6.54 Å². The number of nitriles is 1. The molecule has 2 rings (SSSR count). The highest BCUT2D eigenvalue weighted by atomic mass is 32.2. The molecule has 0 saturated heterocycles. The molecular formula is C13H13FN4O2S. The third kappa shape index (κ3) is 3.65. The number of halogens is 1. The molecule has 0 aliphatic rings. The van der Waals surface area contributed by atoms with Crippen molar-refractivity contribution in [2.24, 2.45) is 0 Å². The SMILES string of the molecule is CC(Cn1cccn1)NS(=O)(=O)c1ccc(F)c(C#N)c1. The van der Waals surface area contributed by atoms with Crippen LogP contribution in [0, 0.1) is 17.1 Å². The topological polar surface area (TPSA) is 87.8 Å². The number of nitrogens with zero attached hydrogens (tertiary/aromatic N) is 3. The van der Waals surface area contributed by atoms with E-state index < -0.39 is 21.9 Å². The first-order valence-corrected chi connectivity index (χ1v) is 7.60. The highest BCUT2D eigenvalue weighted by Crippen LogP contribution is 2.14. The number of benzene rings is 1. The number of sulfonamides is 1. The van der Waals surface area contributed by atoms with Gasteiger partial charge in [-0.1, -0.05) is 0 Å². The van der Waals surface area contributed by atoms with Crippen LogP contribution in [0.1, 0.15) is 12.5 Å². The van der Waals surface area contributed by atoms with Gasteiger partial charge in [0.15, 0.2) is 0 Å². The first kappa shape index (κ1) is 15.2. The molecule has 0 bridgehead atoms. The minimum Gasteiger partial charge on any atom is -0.271 e. The highest BCUT2D eigenvalue weighted by Gasteiger charge is 2.19. The van der Waals surface area contributed by atoms with Crippen molar-refractivity contribution in [1.29, 1.82) is 5.26 Å². The molecule has 21 heavy (non-hydrogen) atoms. The van der Waals surface area contributed by atoms with Crippen molar-refractivity contribution in [3.63, 3.8) is 0 Å². The minimum atomic E-state index is -3.82. The molecule has 2 aromatic rings. The Morgan fingerprint density at radius 2 is 2.29 bits per heavy atom. The molecule has 0 aliphatic carbocycles. The third-order valence-corrected chi connectivity index (χ3v) is 4.33. The first-order valence-electron chi connectivity index (χ1n) is 6.12. The number of rotatable bonds is 5. The zero-order valence-corrected chi connectivity index (χ0v) is 12.0. The van der Waals surface area contributed by atoms with Crippen LogP contribution in [0.3, 0.4) is 0 Å². The Morgan fingerprint density at radius 1 is 1.52 bits per heavy atom. The summed E-state index contributed by atoms with van der Waals surface area (Å²) in [6.45, 7) is 2.05. The van der Waals surface area contributed by atoms with E-state index in [1.807, 2.05) is 0 Å². The van der Waals surface area contributed by atoms with Gasteiger partial charge in [-0.05, 0) is 31.2 Å². The summed E-state index contributed by atoms with van der Waals surface area (Å²) in [4.78, 5) is -0.146. The zero-order chi connectivity index (χ0) is 15.5. The molecule has 1 N–H and O–H groups in total. The molecule has 0 aliphatic heterocycles. The lowest BCUT2D eigenvalue weighted by atomic mass is 10.2. The molecule has 1 aromatic heterocycles. The maximum absolute atomic E-state index is 13.2. The van der Waals surface area contributed by atoms with Crippen LogP contribution in [0.4, 0.5) is 4.39 Å². The summed E-state index contributed by atoms with van der Waals surface area (Å²) in [6, 6.07) is 6.04. The summed E-state index contributed by atoms with van der Waals surface area (Å²) in [5.74, 6) is -0.749. The lowest BCUT2D eigenvalue weighted by Crippen LogP contribution is -2.35. The molecule has 0 fully saturated rings. The van der Waals surface area contributed by atoms with Gasteiger partial charge in [-0.2, -0.15) is 10.4 Å². The summed E-state index contributed by atoms with van der Waals surface area (Å²) in [5, 5.41) is 12.7. The van der Waals surface area contributed by atoms with Crippen LogP contribution >= 0.6 is 0 Å². The predicted octanol–water partition coefficient (Wildman–Crippen LogP) is 1.26. The summed E-state index contributed by atoms with van der Waals surface area (Å²) in [5.41, 5.74) is -0.308. The summed E-state index contributed by atoms with van der Waals surface area (Å²) in [6.07, 6.45) is 3.32. The number of hydrogen-bond donors (Lipinski definition) is 1. The molecule has 1 unspecified atom stereocenters. The molecule has 0 amide bonds. The van der Waals surface area contributed by atoms with Crippen molar-refractivity contribution in [2.45, 2.75) is 24.4 Å². The van der Waals surface area contributed by atoms with Crippen molar-refractivity contribution < 1.29 is 12.8 Å². The van der Waals surface area contributed by atoms with Gasteiger partial charge in [0.1, 0.15) is 11.9 Å². The number of nitrogens with one attached hydrogen (secondary N) is 1. The number of hydrogen-bond acceptors (Lipinski definition) is 4. The van der Waals surface area contributed by atoms with E-state index in [2.05, 4.69) is 9.82 Å². The molecule has 0 radical (unpaired) electrons. The highest BCUT2D eigenvalue weighted by molar-refractivity contribution is 7.89. The summed E-state index contributed by atoms with van der Waals surface area (Å²) in [7, 11) is -3.82. The largest absolute Gasteiger partial charge is 0.271 e. The fourth-order valence-electron chi connectivity index (χ4n) is 1.82. The molecule has 0 spiro atoms. The van der Waals surface area contributed by atoms with E-state index in [1.165, 1.54) is 0 Å². The predicted molar refractivity (Wildman–Crippen MR) is 73.1 cm³/mol. The normalized spacial score (nSPS) is 12.8. The van der Waals surface area contributed by atoms with Crippen molar-refractivity contribution >= 4 is 10.0 Å². The Hall–Kier alpha value is -2.24. The summed E-state index contributed by atoms with van der Waals surface area (Å²) >= 11 is 0. The second-order valence-electron chi connectivity index (χ2n) is 4.50. The fourth-order valence-corrected chi connectivity index (χ4v) is 3.08. The standard InChI is InChI=1S/C13H13FN4O2S/c1-10(9-18-6-2-5-16-18)17-21(19,20)12-3-4-13(14)11(7-12)8-15/h2-7,10,17H,9H2,1H3. The maximum atomic E-state index is 13.2. The van der Waals surface area contributed by atoms with Gasteiger partial charge in [0.05, 0.1) is 17.0 Å². The van der Waals surface area contributed by atoms with E-state index in [1.54, 1.807) is 36.1 Å². The molecular weight excluding hydrogens is 295 g/mol. The molecule has 1 atom stereocenters. The van der Waals surface area contributed by atoms with Crippen molar-refractivity contribution in [1.82, 2.24) is 14.5 Å². The van der Waals surface area contributed by atoms with Crippen LogP contribution in [0.15, 0.2) is 41.6 Å². The third-order valence-electron chi connectivity index (χ3n) is 2.75. The zero-order valence-electron chi connectivity index (χ0n) is 11.2. The van der Waals surface area contributed by atoms with Crippen LogP contribution in [0.5, 0.6) is 0 Å². The Kier molecular flexibility index (Phi) is 4.35. The quantitative estimate of drug-likeness (QED) is 0.900. The lowest BCUT2D eigenvalue weighted by Gasteiger charge is -2.14. The van der Waals surface area contributed by atoms with Crippen LogP contribution in [-0.4, -0.2) is 24.2 Å². The van der Waals surface area contributed by atoms with Gasteiger partial charge in [0.2, 0.25) is 10.0 Å². The average molecular weight is 308 g/mol. The number of aromatic nitrogens is 2. The minimum absolute atomic E-state index is 0.146. The maximum Gasteiger partial charge on any atom is 0.240 e. The first-order chi connectivity index (χ1) is 9.92. The fraction of sp³-hybridized carbons (Fsp3) is 0.231. The van der Waals surface area contributed by atoms with Gasteiger partial charge >= 0.3 is 0 Å². The van der Waals surface area contributed by atoms with E-state index in [4.69, 9.17) is 5.26 Å². The van der Waals surface area contributed by atoms with Crippen molar-refractivity contribution in [3.05, 3.63) is 48.0 Å². The Labute approximate surface area is 121 Å². The molecule has 1 heterocycles. The molecule has 1 aromatic carbocycles. The van der Waals surface area contributed by atoms with Gasteiger partial charge in [-0.25, -0.2) is 17.5 Å². The van der Waals surface area contributed by atoms with E-state index in [0.717, 1.165) is 18.2 Å². The van der Waals surface area contributed by atoms with E-state index in [9.17, 15) is 12.8 Å². The van der Waals surface area contributed by atoms with Gasteiger partial charge in [-0.15, -0.1) is 0 Å². The van der Waals surface area contributed by atoms with Gasteiger partial charge in [0, 0.05) is 18.4 Å². The van der Waals surface area contributed by atoms with Gasteiger partial charge in [0.25, 0.3) is 0 Å². The van der Waals surface area contributed by atoms with Gasteiger partial charge in [-0.3, -0.25) is 4.68 Å². The van der Waals surface area contributed by atoms with Gasteiger partial charge < -0.3 is 0 Å². The second kappa shape index (κ2) is 6.03. The van der Waals surface area contributed by atoms with Crippen molar-refractivity contribution in [3.8, 4) is 6.07 Å². The van der Waals surface area contributed by atoms with Crippen LogP contribution < -0.4 is 4.72 Å². The Bertz CT molecular complexity index is 766. The monoisotopic (exact) mass is 308 g/mol. The molecule has 8 heteroatoms. The summed E-state index contributed by atoms with van der Waals surface area (Å²) < 4.78 is 41.6. The van der Waals surface area contributed by atoms with Crippen LogP contribution in [0.2, 0.25) is 0 Å². The molecule has 0 saturated carbocycles. The lowest BCUT2D eigenvalue weighted by molar-refractivity contribution is 0.494. The van der Waals surface area contributed by atoms with Crippen LogP contribution in [0.25, 0.3) is 0 Å². The van der Waals surface area contributed by atoms with E-state index >= 15 is 0 Å². The molecule has 110 valence electrons. The van der Waals surface area contributed by atoms with E-state index in [-0.39, 0.29) is 10.5 Å². The molecule has 6 nitrogen and oxygen atoms in total. The Balaban J connectivity index is 2.16. The Morgan fingerprint density at radius 3 is 2.90 bits per heavy atom. The second-order valence-corrected chi connectivity index (χ2v) is 6.22.